The third-order valence-corrected chi connectivity index (χ3v) is 1.36. The summed E-state index contributed by atoms with van der Waals surface area (Å²) in [6.45, 7) is 1.44. The standard InChI is InChI=1S/C8H9BNO2/c1-6(11)10-8-4-2-3-7(5-8)9-12/h2-5,12H,1H3,(H,10,11). The average molecular weight is 162 g/mol. The molecule has 12 heavy (non-hydrogen) atoms. The van der Waals surface area contributed by atoms with Crippen LogP contribution in [0.5, 0.6) is 0 Å². The Bertz CT molecular complexity index is 288. The van der Waals surface area contributed by atoms with Crippen LogP contribution in [0.4, 0.5) is 5.69 Å². The van der Waals surface area contributed by atoms with Gasteiger partial charge in [0.25, 0.3) is 0 Å². The average Bonchev–Trinajstić information content (AvgIpc) is 2.03. The van der Waals surface area contributed by atoms with Gasteiger partial charge in [-0.15, -0.1) is 0 Å². The SMILES string of the molecule is CC(=O)Nc1cccc([B]O)c1. The lowest BCUT2D eigenvalue weighted by Gasteiger charge is -2.02. The first kappa shape index (κ1) is 8.81. The van der Waals surface area contributed by atoms with Gasteiger partial charge in [-0.25, -0.2) is 0 Å². The zero-order valence-corrected chi connectivity index (χ0v) is 6.74. The van der Waals surface area contributed by atoms with Gasteiger partial charge in [0.05, 0.1) is 0 Å². The molecule has 0 spiro atoms. The van der Waals surface area contributed by atoms with Crippen LogP contribution in [-0.2, 0) is 4.79 Å². The highest BCUT2D eigenvalue weighted by molar-refractivity contribution is 6.45. The molecule has 3 nitrogen and oxygen atoms in total. The molecule has 2 N–H and O–H groups in total. The fourth-order valence-electron chi connectivity index (χ4n) is 0.900. The predicted octanol–water partition coefficient (Wildman–Crippen LogP) is -0.118. The predicted molar refractivity (Wildman–Crippen MR) is 48.4 cm³/mol. The van der Waals surface area contributed by atoms with Crippen molar-refractivity contribution in [3.63, 3.8) is 0 Å². The summed E-state index contributed by atoms with van der Waals surface area (Å²) in [5, 5.41) is 11.3. The van der Waals surface area contributed by atoms with Crippen LogP contribution in [-0.4, -0.2) is 18.4 Å². The van der Waals surface area contributed by atoms with Gasteiger partial charge in [-0.3, -0.25) is 4.79 Å². The summed E-state index contributed by atoms with van der Waals surface area (Å²) in [4.78, 5) is 10.6. The molecule has 0 aromatic heterocycles. The number of hydrogen-bond acceptors (Lipinski definition) is 2. The summed E-state index contributed by atoms with van der Waals surface area (Å²) in [7, 11) is 0.991. The first-order valence-electron chi connectivity index (χ1n) is 3.57. The van der Waals surface area contributed by atoms with Crippen LogP contribution in [0, 0.1) is 0 Å². The van der Waals surface area contributed by atoms with Crippen LogP contribution in [0.25, 0.3) is 0 Å². The lowest BCUT2D eigenvalue weighted by Crippen LogP contribution is -2.15. The lowest BCUT2D eigenvalue weighted by molar-refractivity contribution is -0.114. The van der Waals surface area contributed by atoms with Gasteiger partial charge in [0.15, 0.2) is 0 Å². The molecule has 1 amide bonds. The highest BCUT2D eigenvalue weighted by atomic mass is 16.2. The van der Waals surface area contributed by atoms with E-state index in [4.69, 9.17) is 5.02 Å². The molecule has 0 atom stereocenters. The minimum atomic E-state index is -0.120. The molecule has 0 aliphatic heterocycles. The largest absolute Gasteiger partial charge is 0.450 e. The third kappa shape index (κ3) is 2.40. The maximum absolute atomic E-state index is 10.6. The van der Waals surface area contributed by atoms with Crippen molar-refractivity contribution in [2.45, 2.75) is 6.92 Å². The monoisotopic (exact) mass is 162 g/mol. The molecule has 0 heterocycles. The summed E-state index contributed by atoms with van der Waals surface area (Å²) in [6.07, 6.45) is 0. The molecule has 1 aromatic rings. The van der Waals surface area contributed by atoms with Crippen molar-refractivity contribution in [2.75, 3.05) is 5.32 Å². The molecule has 4 heteroatoms. The molecule has 0 unspecified atom stereocenters. The van der Waals surface area contributed by atoms with E-state index in [9.17, 15) is 4.79 Å². The van der Waals surface area contributed by atoms with Gasteiger partial charge in [0.1, 0.15) is 0 Å². The van der Waals surface area contributed by atoms with Crippen molar-refractivity contribution in [3.8, 4) is 0 Å². The molecule has 1 aromatic carbocycles. The fourth-order valence-corrected chi connectivity index (χ4v) is 0.900. The van der Waals surface area contributed by atoms with Crippen LogP contribution in [0.1, 0.15) is 6.92 Å². The number of hydrogen-bond donors (Lipinski definition) is 2. The molecule has 1 radical (unpaired) electrons. The van der Waals surface area contributed by atoms with E-state index in [2.05, 4.69) is 5.32 Å². The second-order valence-corrected chi connectivity index (χ2v) is 2.44. The van der Waals surface area contributed by atoms with Crippen molar-refractivity contribution < 1.29 is 9.82 Å². The topological polar surface area (TPSA) is 49.3 Å². The van der Waals surface area contributed by atoms with Crippen LogP contribution >= 0.6 is 0 Å². The van der Waals surface area contributed by atoms with Gasteiger partial charge in [-0.1, -0.05) is 17.6 Å². The first-order valence-corrected chi connectivity index (χ1v) is 3.57. The molecule has 1 rings (SSSR count). The Balaban J connectivity index is 2.79. The van der Waals surface area contributed by atoms with E-state index in [0.717, 1.165) is 7.48 Å². The Morgan fingerprint density at radius 1 is 1.58 bits per heavy atom. The number of rotatable bonds is 2. The molecule has 0 fully saturated rings. The van der Waals surface area contributed by atoms with Gasteiger partial charge in [-0.2, -0.15) is 0 Å². The van der Waals surface area contributed by atoms with Gasteiger partial charge < -0.3 is 10.3 Å². The highest BCUT2D eigenvalue weighted by Crippen LogP contribution is 2.02. The van der Waals surface area contributed by atoms with Crippen molar-refractivity contribution in [2.24, 2.45) is 0 Å². The second kappa shape index (κ2) is 3.92. The summed E-state index contributed by atoms with van der Waals surface area (Å²) in [5.41, 5.74) is 1.35. The lowest BCUT2D eigenvalue weighted by atomic mass is 9.89. The molecule has 61 valence electrons. The van der Waals surface area contributed by atoms with Crippen LogP contribution in [0.3, 0.4) is 0 Å². The molecule has 0 saturated carbocycles. The number of carbonyl (C=O) groups excluding carboxylic acids is 1. The van der Waals surface area contributed by atoms with Crippen molar-refractivity contribution >= 4 is 24.5 Å². The fraction of sp³-hybridized carbons (Fsp3) is 0.125. The molecule has 0 bridgehead atoms. The first-order chi connectivity index (χ1) is 5.72. The van der Waals surface area contributed by atoms with Gasteiger partial charge >= 0.3 is 7.48 Å². The van der Waals surface area contributed by atoms with E-state index in [1.54, 1.807) is 24.3 Å². The highest BCUT2D eigenvalue weighted by Gasteiger charge is 1.96. The van der Waals surface area contributed by atoms with E-state index in [1.807, 2.05) is 0 Å². The normalized spacial score (nSPS) is 9.17. The number of amides is 1. The Labute approximate surface area is 71.7 Å². The number of nitrogens with one attached hydrogen (secondary N) is 1. The van der Waals surface area contributed by atoms with Gasteiger partial charge in [0, 0.05) is 12.6 Å². The molecular formula is C8H9BNO2. The van der Waals surface area contributed by atoms with Crippen LogP contribution in [0.15, 0.2) is 24.3 Å². The van der Waals surface area contributed by atoms with E-state index in [0.29, 0.717) is 11.2 Å². The minimum Gasteiger partial charge on any atom is -0.450 e. The zero-order chi connectivity index (χ0) is 8.97. The summed E-state index contributed by atoms with van der Waals surface area (Å²) >= 11 is 0. The van der Waals surface area contributed by atoms with Crippen molar-refractivity contribution in [1.82, 2.24) is 0 Å². The van der Waals surface area contributed by atoms with E-state index >= 15 is 0 Å². The number of carbonyl (C=O) groups is 1. The molecule has 0 aliphatic rings. The summed E-state index contributed by atoms with van der Waals surface area (Å²) in [6, 6.07) is 6.94. The zero-order valence-electron chi connectivity index (χ0n) is 6.74. The van der Waals surface area contributed by atoms with Crippen molar-refractivity contribution in [3.05, 3.63) is 24.3 Å². The van der Waals surface area contributed by atoms with E-state index in [-0.39, 0.29) is 5.91 Å². The third-order valence-electron chi connectivity index (χ3n) is 1.36. The molecular weight excluding hydrogens is 153 g/mol. The van der Waals surface area contributed by atoms with Gasteiger partial charge in [0.2, 0.25) is 5.91 Å². The Morgan fingerprint density at radius 3 is 2.92 bits per heavy atom. The van der Waals surface area contributed by atoms with Gasteiger partial charge in [-0.05, 0) is 12.1 Å². The maximum atomic E-state index is 10.6. The summed E-state index contributed by atoms with van der Waals surface area (Å²) < 4.78 is 0. The Hall–Kier alpha value is -1.29. The summed E-state index contributed by atoms with van der Waals surface area (Å²) in [5.74, 6) is -0.120. The quantitative estimate of drug-likeness (QED) is 0.595. The van der Waals surface area contributed by atoms with E-state index in [1.165, 1.54) is 6.92 Å². The van der Waals surface area contributed by atoms with E-state index < -0.39 is 0 Å². The van der Waals surface area contributed by atoms with Crippen LogP contribution in [0.2, 0.25) is 0 Å². The van der Waals surface area contributed by atoms with Crippen LogP contribution < -0.4 is 10.8 Å². The van der Waals surface area contributed by atoms with Crippen molar-refractivity contribution in [1.29, 1.82) is 0 Å². The molecule has 0 aliphatic carbocycles. The number of benzene rings is 1. The Kier molecular flexibility index (Phi) is 2.88. The second-order valence-electron chi connectivity index (χ2n) is 2.44. The smallest absolute Gasteiger partial charge is 0.326 e. The Morgan fingerprint density at radius 2 is 2.33 bits per heavy atom. The molecule has 0 saturated heterocycles. The maximum Gasteiger partial charge on any atom is 0.326 e. The number of anilines is 1. The minimum absolute atomic E-state index is 0.120.